The average Bonchev–Trinajstić information content (AvgIpc) is 3.61. The molecule has 9 aromatic carbocycles. The van der Waals surface area contributed by atoms with Crippen LogP contribution in [0.3, 0.4) is 0 Å². The maximum Gasteiger partial charge on any atom is 3.00 e. The van der Waals surface area contributed by atoms with E-state index in [2.05, 4.69) is 230 Å². The molecule has 15 rings (SSSR count). The van der Waals surface area contributed by atoms with Gasteiger partial charge in [-0.15, -0.1) is 89.5 Å². The number of hydrogen-bond acceptors (Lipinski definition) is 9. The number of hydrogen-bond donors (Lipinski definition) is 0. The van der Waals surface area contributed by atoms with Gasteiger partial charge in [0.1, 0.15) is 0 Å². The van der Waals surface area contributed by atoms with Crippen molar-refractivity contribution in [3.63, 3.8) is 0 Å². The summed E-state index contributed by atoms with van der Waals surface area (Å²) in [7, 11) is 0. The second-order valence-electron chi connectivity index (χ2n) is 18.1. The molecule has 12 aromatic rings. The Hall–Kier alpha value is -8.47. The van der Waals surface area contributed by atoms with Crippen LogP contribution < -0.4 is 14.7 Å². The van der Waals surface area contributed by atoms with Crippen molar-refractivity contribution in [2.75, 3.05) is 14.7 Å². The van der Waals surface area contributed by atoms with Crippen LogP contribution >= 0.6 is 35.3 Å². The molecule has 0 fully saturated rings. The molecule has 6 nitrogen and oxygen atoms in total. The Labute approximate surface area is 487 Å². The SMILES string of the molecule is [Ir+3].[c-]1cc(N2c3ccccc3Sc3ccccc32)ccc1-c1ccccn1.[c-]1cc(N2c3ccccc3Sc3ccccc32)ccc1-c1ccccn1.[c-]1cc(N2c3ccccc3Sc3ccccc32)ccc1-c1ccccn1. The minimum absolute atomic E-state index is 0. The van der Waals surface area contributed by atoms with E-state index in [1.165, 1.54) is 63.5 Å². The second kappa shape index (κ2) is 23.6. The molecule has 0 N–H and O–H groups in total. The van der Waals surface area contributed by atoms with Crippen LogP contribution in [0.4, 0.5) is 51.2 Å². The topological polar surface area (TPSA) is 48.4 Å². The zero-order valence-corrected chi connectivity index (χ0v) is 47.1. The van der Waals surface area contributed by atoms with Gasteiger partial charge in [0.05, 0.1) is 34.1 Å². The number of para-hydroxylation sites is 6. The Morgan fingerprint density at radius 2 is 0.481 bits per heavy atom. The quantitative estimate of drug-likeness (QED) is 0.152. The summed E-state index contributed by atoms with van der Waals surface area (Å²) in [6.45, 7) is 0. The van der Waals surface area contributed by atoms with E-state index in [9.17, 15) is 0 Å². The Morgan fingerprint density at radius 3 is 0.684 bits per heavy atom. The van der Waals surface area contributed by atoms with E-state index in [0.717, 1.165) is 50.8 Å². The van der Waals surface area contributed by atoms with Crippen molar-refractivity contribution >= 4 is 86.5 Å². The maximum absolute atomic E-state index is 4.41. The fourth-order valence-electron chi connectivity index (χ4n) is 9.66. The summed E-state index contributed by atoms with van der Waals surface area (Å²) in [5.41, 5.74) is 16.4. The molecule has 0 saturated carbocycles. The van der Waals surface area contributed by atoms with Crippen molar-refractivity contribution in [2.24, 2.45) is 0 Å². The Kier molecular flexibility index (Phi) is 15.3. The summed E-state index contributed by atoms with van der Waals surface area (Å²) < 4.78 is 0. The van der Waals surface area contributed by atoms with Crippen molar-refractivity contribution < 1.29 is 20.1 Å². The van der Waals surface area contributed by atoms with Gasteiger partial charge < -0.3 is 29.7 Å². The van der Waals surface area contributed by atoms with Crippen LogP contribution in [-0.4, -0.2) is 15.0 Å². The zero-order chi connectivity index (χ0) is 52.0. The molecule has 0 amide bonds. The van der Waals surface area contributed by atoms with Gasteiger partial charge in [-0.25, -0.2) is 0 Å². The van der Waals surface area contributed by atoms with E-state index < -0.39 is 0 Å². The van der Waals surface area contributed by atoms with E-state index in [-0.39, 0.29) is 20.1 Å². The number of aromatic nitrogens is 3. The molecular weight excluding hydrogens is 1200 g/mol. The standard InChI is InChI=1S/3C23H15N2S.Ir/c3*1-3-10-22-20(8-1)25(21-9-2-4-11-23(21)26-22)18-14-12-17(13-15-18)19-7-5-6-16-24-19;/h3*1-12,14-16H;/q3*-1;+3. The van der Waals surface area contributed by atoms with Crippen molar-refractivity contribution in [3.05, 3.63) is 292 Å². The van der Waals surface area contributed by atoms with Crippen molar-refractivity contribution in [3.8, 4) is 33.8 Å². The summed E-state index contributed by atoms with van der Waals surface area (Å²) in [5.74, 6) is 0. The molecule has 0 bridgehead atoms. The Morgan fingerprint density at radius 1 is 0.253 bits per heavy atom. The molecule has 6 heterocycles. The Bertz CT molecular complexity index is 3470. The van der Waals surface area contributed by atoms with Gasteiger partial charge in [-0.1, -0.05) is 144 Å². The summed E-state index contributed by atoms with van der Waals surface area (Å²) in [6, 6.07) is 98.0. The van der Waals surface area contributed by atoms with Crippen LogP contribution in [0, 0.1) is 18.2 Å². The van der Waals surface area contributed by atoms with Crippen LogP contribution in [0.5, 0.6) is 0 Å². The monoisotopic (exact) mass is 1250 g/mol. The first-order valence-electron chi connectivity index (χ1n) is 25.5. The molecule has 0 saturated heterocycles. The molecule has 3 aliphatic rings. The summed E-state index contributed by atoms with van der Waals surface area (Å²) in [4.78, 5) is 27.7. The number of fused-ring (bicyclic) bond motifs is 6. The first-order chi connectivity index (χ1) is 38.7. The number of anilines is 9. The molecule has 10 heteroatoms. The molecule has 0 aliphatic carbocycles. The third kappa shape index (κ3) is 10.8. The largest absolute Gasteiger partial charge is 3.00 e. The first kappa shape index (κ1) is 51.3. The van der Waals surface area contributed by atoms with Crippen molar-refractivity contribution in [1.29, 1.82) is 0 Å². The molecule has 3 aromatic heterocycles. The molecule has 0 unspecified atom stereocenters. The van der Waals surface area contributed by atoms with Gasteiger partial charge in [0.15, 0.2) is 0 Å². The number of pyridine rings is 3. The van der Waals surface area contributed by atoms with Crippen LogP contribution in [0.15, 0.2) is 303 Å². The van der Waals surface area contributed by atoms with E-state index in [4.69, 9.17) is 0 Å². The van der Waals surface area contributed by atoms with Crippen molar-refractivity contribution in [2.45, 2.75) is 29.4 Å². The smallest absolute Gasteiger partial charge is 0.350 e. The van der Waals surface area contributed by atoms with Gasteiger partial charge in [-0.3, -0.25) is 0 Å². The summed E-state index contributed by atoms with van der Waals surface area (Å²) >= 11 is 5.46. The fraction of sp³-hybridized carbons (Fsp3) is 0. The minimum atomic E-state index is 0. The van der Waals surface area contributed by atoms with Crippen LogP contribution in [-0.2, 0) is 20.1 Å². The van der Waals surface area contributed by atoms with E-state index in [1.807, 2.05) is 127 Å². The predicted octanol–water partition coefficient (Wildman–Crippen LogP) is 19.4. The van der Waals surface area contributed by atoms with E-state index in [1.54, 1.807) is 0 Å². The van der Waals surface area contributed by atoms with Gasteiger partial charge in [0.25, 0.3) is 0 Å². The van der Waals surface area contributed by atoms with Gasteiger partial charge >= 0.3 is 20.1 Å². The van der Waals surface area contributed by atoms with Crippen molar-refractivity contribution in [1.82, 2.24) is 15.0 Å². The number of rotatable bonds is 6. The fourth-order valence-corrected chi connectivity index (χ4v) is 12.8. The summed E-state index contributed by atoms with van der Waals surface area (Å²) in [5, 5.41) is 0. The van der Waals surface area contributed by atoms with Crippen LogP contribution in [0.1, 0.15) is 0 Å². The maximum atomic E-state index is 4.41. The third-order valence-electron chi connectivity index (χ3n) is 13.3. The molecule has 378 valence electrons. The minimum Gasteiger partial charge on any atom is -0.350 e. The first-order valence-corrected chi connectivity index (χ1v) is 27.9. The van der Waals surface area contributed by atoms with Crippen LogP contribution in [0.25, 0.3) is 33.8 Å². The molecule has 3 aliphatic heterocycles. The van der Waals surface area contributed by atoms with Gasteiger partial charge in [-0.05, 0) is 125 Å². The molecular formula is C69H45IrN6S3. The average molecular weight is 1250 g/mol. The van der Waals surface area contributed by atoms with E-state index >= 15 is 0 Å². The Balaban J connectivity index is 0.000000118. The van der Waals surface area contributed by atoms with Gasteiger partial charge in [-0.2, -0.15) is 0 Å². The van der Waals surface area contributed by atoms with Crippen LogP contribution in [0.2, 0.25) is 0 Å². The normalized spacial score (nSPS) is 12.2. The van der Waals surface area contributed by atoms with Gasteiger partial charge in [0, 0.05) is 48.0 Å². The van der Waals surface area contributed by atoms with Gasteiger partial charge in [0.2, 0.25) is 0 Å². The number of nitrogens with zero attached hydrogens (tertiary/aromatic N) is 6. The zero-order valence-electron chi connectivity index (χ0n) is 42.2. The van der Waals surface area contributed by atoms with E-state index in [0.29, 0.717) is 0 Å². The summed E-state index contributed by atoms with van der Waals surface area (Å²) in [6.07, 6.45) is 5.43. The third-order valence-corrected chi connectivity index (χ3v) is 16.7. The molecule has 0 radical (unpaired) electrons. The predicted molar refractivity (Wildman–Crippen MR) is 322 cm³/mol. The molecule has 0 atom stereocenters. The molecule has 0 spiro atoms. The molecule has 79 heavy (non-hydrogen) atoms. The number of benzene rings is 9. The second-order valence-corrected chi connectivity index (χ2v) is 21.4.